The van der Waals surface area contributed by atoms with Crippen molar-refractivity contribution in [2.24, 2.45) is 17.3 Å². The van der Waals surface area contributed by atoms with Crippen LogP contribution >= 0.6 is 0 Å². The lowest BCUT2D eigenvalue weighted by Crippen LogP contribution is -2.49. The van der Waals surface area contributed by atoms with Gasteiger partial charge in [0.15, 0.2) is 17.3 Å². The van der Waals surface area contributed by atoms with Crippen molar-refractivity contribution >= 4 is 5.78 Å². The Morgan fingerprint density at radius 3 is 2.83 bits per heavy atom. The molecule has 0 spiro atoms. The topological polar surface area (TPSA) is 76.0 Å². The number of ketones is 1. The van der Waals surface area contributed by atoms with Gasteiger partial charge in [0.2, 0.25) is 6.79 Å². The summed E-state index contributed by atoms with van der Waals surface area (Å²) in [5.41, 5.74) is 0.416. The molecule has 3 aliphatic rings. The molecule has 2 fully saturated rings. The fourth-order valence-corrected chi connectivity index (χ4v) is 5.10. The number of hydrogen-bond donors (Lipinski definition) is 2. The molecule has 2 saturated carbocycles. The van der Waals surface area contributed by atoms with Crippen LogP contribution < -0.4 is 9.47 Å². The van der Waals surface area contributed by atoms with Crippen LogP contribution in [0.1, 0.15) is 31.2 Å². The number of aliphatic hydroxyl groups excluding tert-OH is 2. The highest BCUT2D eigenvalue weighted by molar-refractivity contribution is 5.86. The number of aliphatic hydroxyl groups is 2. The number of hydrogen-bond acceptors (Lipinski definition) is 5. The number of Topliss-reactive ketones (excluding diaryl/α,β-unsaturated/α-hetero) is 1. The third kappa shape index (κ3) is 1.91. The van der Waals surface area contributed by atoms with Gasteiger partial charge >= 0.3 is 0 Å². The molecule has 5 nitrogen and oxygen atoms in total. The average Bonchev–Trinajstić information content (AvgIpc) is 3.08. The minimum Gasteiger partial charge on any atom is -0.454 e. The van der Waals surface area contributed by atoms with Gasteiger partial charge in [-0.15, -0.1) is 6.58 Å². The molecule has 6 atom stereocenters. The second-order valence-electron chi connectivity index (χ2n) is 7.26. The second kappa shape index (κ2) is 5.33. The molecule has 0 aromatic heterocycles. The number of ether oxygens (including phenoxy) is 2. The van der Waals surface area contributed by atoms with E-state index in [1.165, 1.54) is 0 Å². The molecule has 0 radical (unpaired) electrons. The molecule has 0 saturated heterocycles. The first-order valence-electron chi connectivity index (χ1n) is 8.39. The molecule has 0 unspecified atom stereocenters. The number of carbonyl (C=O) groups excluding carboxylic acids is 1. The first-order chi connectivity index (χ1) is 11.5. The Morgan fingerprint density at radius 2 is 2.08 bits per heavy atom. The Kier molecular flexibility index (Phi) is 3.48. The van der Waals surface area contributed by atoms with E-state index in [-0.39, 0.29) is 30.8 Å². The van der Waals surface area contributed by atoms with Crippen molar-refractivity contribution in [1.82, 2.24) is 0 Å². The van der Waals surface area contributed by atoms with Crippen molar-refractivity contribution in [2.75, 3.05) is 6.79 Å². The minimum atomic E-state index is -1.13. The fourth-order valence-electron chi connectivity index (χ4n) is 5.10. The summed E-state index contributed by atoms with van der Waals surface area (Å²) in [5.74, 6) is 0.622. The molecule has 1 heterocycles. The van der Waals surface area contributed by atoms with E-state index in [1.807, 2.05) is 18.2 Å². The van der Waals surface area contributed by atoms with Crippen LogP contribution in [0.25, 0.3) is 0 Å². The van der Waals surface area contributed by atoms with E-state index in [9.17, 15) is 15.0 Å². The highest BCUT2D eigenvalue weighted by atomic mass is 16.7. The Balaban J connectivity index is 1.80. The van der Waals surface area contributed by atoms with Crippen molar-refractivity contribution in [2.45, 2.75) is 37.9 Å². The van der Waals surface area contributed by atoms with Gasteiger partial charge in [-0.3, -0.25) is 4.79 Å². The largest absolute Gasteiger partial charge is 0.454 e. The average molecular weight is 330 g/mol. The summed E-state index contributed by atoms with van der Waals surface area (Å²) in [5, 5.41) is 21.4. The van der Waals surface area contributed by atoms with Crippen molar-refractivity contribution in [1.29, 1.82) is 0 Å². The van der Waals surface area contributed by atoms with E-state index in [0.29, 0.717) is 17.9 Å². The molecular formula is C19H22O5. The smallest absolute Gasteiger partial charge is 0.231 e. The predicted octanol–water partition coefficient (Wildman–Crippen LogP) is 2.02. The normalized spacial score (nSPS) is 40.0. The summed E-state index contributed by atoms with van der Waals surface area (Å²) < 4.78 is 10.8. The molecule has 1 aromatic carbocycles. The highest BCUT2D eigenvalue weighted by Crippen LogP contribution is 2.62. The summed E-state index contributed by atoms with van der Waals surface area (Å²) in [6.07, 6.45) is 0.668. The van der Waals surface area contributed by atoms with E-state index >= 15 is 0 Å². The van der Waals surface area contributed by atoms with Gasteiger partial charge < -0.3 is 19.7 Å². The third-order valence-corrected chi connectivity index (χ3v) is 6.32. The van der Waals surface area contributed by atoms with E-state index < -0.39 is 23.5 Å². The van der Waals surface area contributed by atoms with E-state index in [1.54, 1.807) is 6.08 Å². The van der Waals surface area contributed by atoms with Crippen LogP contribution in [0.4, 0.5) is 0 Å². The molecular weight excluding hydrogens is 308 g/mol. The molecule has 24 heavy (non-hydrogen) atoms. The van der Waals surface area contributed by atoms with E-state index in [4.69, 9.17) is 9.47 Å². The molecule has 5 heteroatoms. The Bertz CT molecular complexity index is 699. The summed E-state index contributed by atoms with van der Waals surface area (Å²) in [6.45, 7) is 6.07. The quantitative estimate of drug-likeness (QED) is 0.829. The van der Waals surface area contributed by atoms with Gasteiger partial charge in [0, 0.05) is 17.8 Å². The van der Waals surface area contributed by atoms with Crippen LogP contribution in [-0.4, -0.2) is 35.0 Å². The molecule has 128 valence electrons. The van der Waals surface area contributed by atoms with Crippen molar-refractivity contribution < 1.29 is 24.5 Å². The van der Waals surface area contributed by atoms with Crippen molar-refractivity contribution in [3.8, 4) is 11.5 Å². The van der Waals surface area contributed by atoms with Crippen molar-refractivity contribution in [3.05, 3.63) is 36.4 Å². The van der Waals surface area contributed by atoms with Crippen LogP contribution in [-0.2, 0) is 4.79 Å². The highest BCUT2D eigenvalue weighted by Gasteiger charge is 2.64. The maximum absolute atomic E-state index is 12.4. The molecule has 4 rings (SSSR count). The lowest BCUT2D eigenvalue weighted by atomic mass is 9.66. The maximum atomic E-state index is 12.4. The Morgan fingerprint density at radius 1 is 1.33 bits per heavy atom. The monoisotopic (exact) mass is 330 g/mol. The van der Waals surface area contributed by atoms with Crippen LogP contribution in [0.5, 0.6) is 11.5 Å². The zero-order chi connectivity index (χ0) is 17.1. The van der Waals surface area contributed by atoms with E-state index in [2.05, 4.69) is 13.5 Å². The van der Waals surface area contributed by atoms with Gasteiger partial charge in [0.1, 0.15) is 6.10 Å². The van der Waals surface area contributed by atoms with Crippen LogP contribution in [0.15, 0.2) is 30.9 Å². The molecule has 2 N–H and O–H groups in total. The van der Waals surface area contributed by atoms with Gasteiger partial charge in [-0.1, -0.05) is 19.1 Å². The number of allylic oxidation sites excluding steroid dienone is 1. The molecule has 2 bridgehead atoms. The van der Waals surface area contributed by atoms with Crippen LogP contribution in [0.3, 0.4) is 0 Å². The van der Waals surface area contributed by atoms with Gasteiger partial charge in [-0.2, -0.15) is 0 Å². The second-order valence-corrected chi connectivity index (χ2v) is 7.26. The lowest BCUT2D eigenvalue weighted by Gasteiger charge is -2.40. The SMILES string of the molecule is C=CC[C@]12CC(=O)[C@@H](O)[C@H]([C@@H](c3ccc4c(c3)OCO4)[C@@H]1C)[C@H]2O. The van der Waals surface area contributed by atoms with Gasteiger partial charge in [-0.25, -0.2) is 0 Å². The summed E-state index contributed by atoms with van der Waals surface area (Å²) >= 11 is 0. The number of carbonyl (C=O) groups is 1. The minimum absolute atomic E-state index is 0.0389. The Labute approximate surface area is 140 Å². The predicted molar refractivity (Wildman–Crippen MR) is 86.8 cm³/mol. The Hall–Kier alpha value is -1.85. The number of fused-ring (bicyclic) bond motifs is 3. The van der Waals surface area contributed by atoms with Gasteiger partial charge in [0.05, 0.1) is 6.10 Å². The number of rotatable bonds is 3. The molecule has 0 amide bonds. The van der Waals surface area contributed by atoms with Gasteiger partial charge in [-0.05, 0) is 36.0 Å². The first kappa shape index (κ1) is 15.7. The maximum Gasteiger partial charge on any atom is 0.231 e. The summed E-state index contributed by atoms with van der Waals surface area (Å²) in [4.78, 5) is 12.4. The lowest BCUT2D eigenvalue weighted by molar-refractivity contribution is -0.146. The zero-order valence-corrected chi connectivity index (χ0v) is 13.6. The summed E-state index contributed by atoms with van der Waals surface area (Å²) in [6, 6.07) is 5.71. The van der Waals surface area contributed by atoms with Crippen LogP contribution in [0.2, 0.25) is 0 Å². The molecule has 2 aliphatic carbocycles. The van der Waals surface area contributed by atoms with Crippen molar-refractivity contribution in [3.63, 3.8) is 0 Å². The summed E-state index contributed by atoms with van der Waals surface area (Å²) in [7, 11) is 0. The molecule has 1 aromatic rings. The first-order valence-corrected chi connectivity index (χ1v) is 8.39. The van der Waals surface area contributed by atoms with Gasteiger partial charge in [0.25, 0.3) is 0 Å². The molecule has 1 aliphatic heterocycles. The van der Waals surface area contributed by atoms with Crippen LogP contribution in [0, 0.1) is 17.3 Å². The third-order valence-electron chi connectivity index (χ3n) is 6.32. The fraction of sp³-hybridized carbons (Fsp3) is 0.526. The standard InChI is InChI=1S/C19H22O5/c1-3-6-19-8-12(20)17(21)16(18(19)22)15(10(19)2)11-4-5-13-14(7-11)24-9-23-13/h3-5,7,10,15-18,21-22H,1,6,8-9H2,2H3/t10-,15+,16-,17+,18+,19-/m0/s1. The zero-order valence-electron chi connectivity index (χ0n) is 13.6. The van der Waals surface area contributed by atoms with E-state index in [0.717, 1.165) is 5.56 Å². The number of benzene rings is 1.